The molecule has 0 aliphatic carbocycles. The van der Waals surface area contributed by atoms with E-state index in [0.29, 0.717) is 0 Å². The van der Waals surface area contributed by atoms with Gasteiger partial charge in [-0.3, -0.25) is 0 Å². The van der Waals surface area contributed by atoms with Gasteiger partial charge in [0.25, 0.3) is 0 Å². The predicted octanol–water partition coefficient (Wildman–Crippen LogP) is 0.866. The molecule has 3 heteroatoms. The second-order valence-electron chi connectivity index (χ2n) is 1.95. The van der Waals surface area contributed by atoms with Crippen molar-refractivity contribution in [2.45, 2.75) is 6.92 Å². The molecule has 0 unspecified atom stereocenters. The maximum Gasteiger partial charge on any atom is 0.125 e. The summed E-state index contributed by atoms with van der Waals surface area (Å²) in [5, 5.41) is 0. The number of nitrogens with zero attached hydrogens (tertiary/aromatic N) is 2. The van der Waals surface area contributed by atoms with Crippen LogP contribution in [0, 0.1) is 0 Å². The van der Waals surface area contributed by atoms with Gasteiger partial charge in [0.05, 0.1) is 12.5 Å². The third kappa shape index (κ3) is 1.22. The van der Waals surface area contributed by atoms with Crippen LogP contribution in [0.15, 0.2) is 12.5 Å². The van der Waals surface area contributed by atoms with Crippen LogP contribution in [-0.2, 0) is 0 Å². The summed E-state index contributed by atoms with van der Waals surface area (Å²) in [5.74, 6) is 1.07. The van der Waals surface area contributed by atoms with E-state index < -0.39 is 0 Å². The molecule has 1 aromatic rings. The molecule has 0 atom stereocenters. The van der Waals surface area contributed by atoms with E-state index in [0.717, 1.165) is 12.4 Å². The molecular formula is C6H11N3. The monoisotopic (exact) mass is 125 g/mol. The molecule has 9 heavy (non-hydrogen) atoms. The molecule has 0 aliphatic rings. The first-order chi connectivity index (χ1) is 4.34. The van der Waals surface area contributed by atoms with Gasteiger partial charge in [0.1, 0.15) is 5.82 Å². The van der Waals surface area contributed by atoms with Crippen LogP contribution in [-0.4, -0.2) is 23.6 Å². The summed E-state index contributed by atoms with van der Waals surface area (Å²) in [4.78, 5) is 8.99. The molecule has 0 spiro atoms. The van der Waals surface area contributed by atoms with Crippen molar-refractivity contribution in [3.63, 3.8) is 0 Å². The lowest BCUT2D eigenvalue weighted by Crippen LogP contribution is -2.15. The number of imidazole rings is 1. The summed E-state index contributed by atoms with van der Waals surface area (Å²) in [5.41, 5.74) is 0. The molecule has 0 aromatic carbocycles. The fourth-order valence-corrected chi connectivity index (χ4v) is 0.628. The first-order valence-corrected chi connectivity index (χ1v) is 3.04. The van der Waals surface area contributed by atoms with Crippen molar-refractivity contribution in [2.24, 2.45) is 0 Å². The largest absolute Gasteiger partial charge is 0.360 e. The smallest absolute Gasteiger partial charge is 0.125 e. The van der Waals surface area contributed by atoms with Gasteiger partial charge in [-0.1, -0.05) is 0 Å². The standard InChI is InChI=1S/C6H11N3/c1-3-9(2)6-4-7-5-8-6/h4-5H,3H2,1-2H3,(H,7,8). The van der Waals surface area contributed by atoms with E-state index in [2.05, 4.69) is 21.8 Å². The lowest BCUT2D eigenvalue weighted by molar-refractivity contribution is 0.946. The lowest BCUT2D eigenvalue weighted by Gasteiger charge is -2.12. The van der Waals surface area contributed by atoms with Crippen molar-refractivity contribution in [1.82, 2.24) is 9.97 Å². The van der Waals surface area contributed by atoms with Crippen molar-refractivity contribution in [3.05, 3.63) is 12.5 Å². The first kappa shape index (κ1) is 6.13. The van der Waals surface area contributed by atoms with Gasteiger partial charge in [0.2, 0.25) is 0 Å². The number of nitrogens with one attached hydrogen (secondary N) is 1. The summed E-state index contributed by atoms with van der Waals surface area (Å²) in [7, 11) is 2.02. The Morgan fingerprint density at radius 2 is 2.56 bits per heavy atom. The molecule has 3 nitrogen and oxygen atoms in total. The summed E-state index contributed by atoms with van der Waals surface area (Å²) >= 11 is 0. The normalized spacial score (nSPS) is 9.56. The maximum atomic E-state index is 3.89. The molecule has 0 aliphatic heterocycles. The molecule has 1 aromatic heterocycles. The summed E-state index contributed by atoms with van der Waals surface area (Å²) in [6, 6.07) is 0. The van der Waals surface area contributed by atoms with Gasteiger partial charge in [-0.15, -0.1) is 0 Å². The minimum atomic E-state index is 1.00. The number of aromatic nitrogens is 2. The lowest BCUT2D eigenvalue weighted by atomic mass is 10.6. The van der Waals surface area contributed by atoms with Crippen molar-refractivity contribution in [2.75, 3.05) is 18.5 Å². The van der Waals surface area contributed by atoms with Crippen LogP contribution in [0.2, 0.25) is 0 Å². The third-order valence-corrected chi connectivity index (χ3v) is 1.37. The van der Waals surface area contributed by atoms with Crippen LogP contribution >= 0.6 is 0 Å². The highest BCUT2D eigenvalue weighted by Crippen LogP contribution is 2.02. The zero-order chi connectivity index (χ0) is 6.69. The maximum absolute atomic E-state index is 3.89. The second-order valence-corrected chi connectivity index (χ2v) is 1.95. The zero-order valence-corrected chi connectivity index (χ0v) is 5.76. The van der Waals surface area contributed by atoms with Crippen LogP contribution in [0.4, 0.5) is 5.82 Å². The highest BCUT2D eigenvalue weighted by Gasteiger charge is 1.95. The number of anilines is 1. The number of hydrogen-bond acceptors (Lipinski definition) is 2. The average molecular weight is 125 g/mol. The fraction of sp³-hybridized carbons (Fsp3) is 0.500. The predicted molar refractivity (Wildman–Crippen MR) is 37.5 cm³/mol. The Labute approximate surface area is 54.7 Å². The van der Waals surface area contributed by atoms with E-state index in [1.54, 1.807) is 6.33 Å². The number of hydrogen-bond donors (Lipinski definition) is 1. The Balaban J connectivity index is 2.65. The Bertz CT molecular complexity index is 157. The zero-order valence-electron chi connectivity index (χ0n) is 5.76. The van der Waals surface area contributed by atoms with E-state index in [1.165, 1.54) is 0 Å². The van der Waals surface area contributed by atoms with Gasteiger partial charge in [-0.2, -0.15) is 0 Å². The number of aromatic amines is 1. The van der Waals surface area contributed by atoms with Gasteiger partial charge in [0.15, 0.2) is 0 Å². The summed E-state index contributed by atoms with van der Waals surface area (Å²) in [6.07, 6.45) is 3.49. The van der Waals surface area contributed by atoms with E-state index in [9.17, 15) is 0 Å². The molecule has 1 rings (SSSR count). The van der Waals surface area contributed by atoms with Crippen LogP contribution in [0.25, 0.3) is 0 Å². The fourth-order valence-electron chi connectivity index (χ4n) is 0.628. The van der Waals surface area contributed by atoms with E-state index in [4.69, 9.17) is 0 Å². The van der Waals surface area contributed by atoms with Gasteiger partial charge < -0.3 is 9.88 Å². The van der Waals surface area contributed by atoms with Gasteiger partial charge in [-0.05, 0) is 6.92 Å². The van der Waals surface area contributed by atoms with Gasteiger partial charge >= 0.3 is 0 Å². The van der Waals surface area contributed by atoms with Crippen molar-refractivity contribution in [1.29, 1.82) is 0 Å². The Morgan fingerprint density at radius 1 is 1.78 bits per heavy atom. The van der Waals surface area contributed by atoms with Gasteiger partial charge in [0, 0.05) is 13.6 Å². The molecule has 0 saturated carbocycles. The molecule has 0 amide bonds. The first-order valence-electron chi connectivity index (χ1n) is 3.04. The average Bonchev–Trinajstić information content (AvgIpc) is 2.37. The highest BCUT2D eigenvalue weighted by molar-refractivity contribution is 5.33. The Morgan fingerprint density at radius 3 is 3.00 bits per heavy atom. The van der Waals surface area contributed by atoms with E-state index in [1.807, 2.05) is 13.2 Å². The molecule has 0 bridgehead atoms. The Hall–Kier alpha value is -0.990. The molecule has 0 saturated heterocycles. The minimum Gasteiger partial charge on any atom is -0.360 e. The minimum absolute atomic E-state index is 1.00. The molecular weight excluding hydrogens is 114 g/mol. The second kappa shape index (κ2) is 2.53. The van der Waals surface area contributed by atoms with Crippen molar-refractivity contribution in [3.8, 4) is 0 Å². The number of H-pyrrole nitrogens is 1. The SMILES string of the molecule is CCN(C)c1cnc[nH]1. The number of rotatable bonds is 2. The molecule has 0 fully saturated rings. The van der Waals surface area contributed by atoms with Crippen LogP contribution in [0.3, 0.4) is 0 Å². The van der Waals surface area contributed by atoms with E-state index in [-0.39, 0.29) is 0 Å². The van der Waals surface area contributed by atoms with Crippen LogP contribution < -0.4 is 4.90 Å². The topological polar surface area (TPSA) is 31.9 Å². The van der Waals surface area contributed by atoms with Crippen molar-refractivity contribution < 1.29 is 0 Å². The highest BCUT2D eigenvalue weighted by atomic mass is 15.2. The van der Waals surface area contributed by atoms with Gasteiger partial charge in [-0.25, -0.2) is 4.98 Å². The third-order valence-electron chi connectivity index (χ3n) is 1.37. The summed E-state index contributed by atoms with van der Waals surface area (Å²) in [6.45, 7) is 3.10. The molecule has 1 heterocycles. The molecule has 1 N–H and O–H groups in total. The van der Waals surface area contributed by atoms with Crippen LogP contribution in [0.1, 0.15) is 6.92 Å². The molecule has 0 radical (unpaired) electrons. The quantitative estimate of drug-likeness (QED) is 0.636. The van der Waals surface area contributed by atoms with E-state index >= 15 is 0 Å². The van der Waals surface area contributed by atoms with Crippen molar-refractivity contribution >= 4 is 5.82 Å². The summed E-state index contributed by atoms with van der Waals surface area (Å²) < 4.78 is 0. The van der Waals surface area contributed by atoms with Crippen LogP contribution in [0.5, 0.6) is 0 Å². The molecule has 50 valence electrons. The Kier molecular flexibility index (Phi) is 1.72.